The Hall–Kier alpha value is -4.65. The standard InChI is InChI=1S/C16H10N4O.C9H6BrN3O.C7H6BNO2.CH4.H2S.U.H/c17-9-11-2-1-3-13(8-11)14-10-19-15(20-16(14)21)12-4-6-18-7-5-12;10-7-5-12-8(13-9(7)14)6-1-3-11-4-2-6;1-9-7-4-2-3-6(5-7)8(10)11;;;;/h1-8,10H,(H,19,20,21);1-5H,(H,12,13,14);2-5,10-11H;1H4;1H2;;/q;;;;;;-1/p-1/i;;;;;;1+2. The summed E-state index contributed by atoms with van der Waals surface area (Å²) in [5, 5.41) is 26.3. The van der Waals surface area contributed by atoms with E-state index in [9.17, 15) is 9.59 Å². The molecule has 0 atom stereocenters. The number of pyridine rings is 2. The zero-order valence-corrected chi connectivity index (χ0v) is 31.3. The molecule has 12 nitrogen and oxygen atoms in total. The van der Waals surface area contributed by atoms with Crippen LogP contribution in [-0.2, 0) is 13.5 Å². The number of aromatic amines is 2. The van der Waals surface area contributed by atoms with Crippen LogP contribution in [0.15, 0.2) is 124 Å². The van der Waals surface area contributed by atoms with Crippen LogP contribution in [0.5, 0.6) is 0 Å². The van der Waals surface area contributed by atoms with E-state index >= 15 is 0 Å². The first-order chi connectivity index (χ1) is 22.3. The van der Waals surface area contributed by atoms with Crippen LogP contribution in [0.1, 0.15) is 14.4 Å². The van der Waals surface area contributed by atoms with Gasteiger partial charge in [-0.2, -0.15) is 5.26 Å². The molecule has 49 heavy (non-hydrogen) atoms. The molecule has 4 N–H and O–H groups in total. The van der Waals surface area contributed by atoms with Crippen LogP contribution in [0.3, 0.4) is 0 Å². The first-order valence-electron chi connectivity index (χ1n) is 13.3. The summed E-state index contributed by atoms with van der Waals surface area (Å²) < 4.78 is 0.426. The Morgan fingerprint density at radius 1 is 0.816 bits per heavy atom. The minimum atomic E-state index is -1.49. The molecule has 246 valence electrons. The summed E-state index contributed by atoms with van der Waals surface area (Å²) in [7, 11) is -1.49. The van der Waals surface area contributed by atoms with Crippen LogP contribution < -0.4 is 16.6 Å². The van der Waals surface area contributed by atoms with Gasteiger partial charge in [-0.1, -0.05) is 43.8 Å². The smallest absolute Gasteiger partial charge is 0.487 e. The van der Waals surface area contributed by atoms with Gasteiger partial charge in [0.25, 0.3) is 11.1 Å². The molecule has 0 bridgehead atoms. The van der Waals surface area contributed by atoms with E-state index in [1.807, 2.05) is 0 Å². The van der Waals surface area contributed by atoms with E-state index in [-0.39, 0.29) is 64.6 Å². The van der Waals surface area contributed by atoms with Gasteiger partial charge in [0.2, 0.25) is 0 Å². The van der Waals surface area contributed by atoms with Crippen molar-refractivity contribution in [2.45, 2.75) is 7.43 Å². The van der Waals surface area contributed by atoms with E-state index in [1.54, 1.807) is 91.5 Å². The van der Waals surface area contributed by atoms with E-state index < -0.39 is 7.12 Å². The Balaban J connectivity index is 0.000000731. The normalized spacial score (nSPS) is 9.16. The Morgan fingerprint density at radius 3 is 1.88 bits per heavy atom. The molecule has 0 aliphatic carbocycles. The van der Waals surface area contributed by atoms with Gasteiger partial charge in [-0.05, 0) is 63.4 Å². The molecule has 0 spiro atoms. The van der Waals surface area contributed by atoms with Gasteiger partial charge in [-0.15, -0.1) is 0 Å². The summed E-state index contributed by atoms with van der Waals surface area (Å²) in [5.41, 5.74) is 3.57. The fraction of sp³-hybridized carbons (Fsp3) is 0.0303. The quantitative estimate of drug-likeness (QED) is 0.0857. The molecule has 0 fully saturated rings. The summed E-state index contributed by atoms with van der Waals surface area (Å²) in [4.78, 5) is 48.2. The van der Waals surface area contributed by atoms with Crippen molar-refractivity contribution in [3.8, 4) is 40.0 Å². The fourth-order valence-corrected chi connectivity index (χ4v) is 4.01. The molecule has 6 rings (SSSR count). The Kier molecular flexibility index (Phi) is 18.5. The molecule has 4 heterocycles. The monoisotopic (exact) mass is 962 g/mol. The van der Waals surface area contributed by atoms with E-state index in [4.69, 9.17) is 21.9 Å². The number of nitriles is 1. The minimum absolute atomic E-state index is 0. The Labute approximate surface area is 322 Å². The molecule has 0 unspecified atom stereocenters. The third-order valence-electron chi connectivity index (χ3n) is 6.06. The molecule has 2 aromatic carbocycles. The van der Waals surface area contributed by atoms with Gasteiger partial charge in [-0.25, -0.2) is 14.8 Å². The molecule has 0 amide bonds. The maximum absolute atomic E-state index is 12.2. The first kappa shape index (κ1) is 42.4. The van der Waals surface area contributed by atoms with Gasteiger partial charge >= 0.3 is 7.12 Å². The molecule has 0 radical (unpaired) electrons. The zero-order chi connectivity index (χ0) is 32.9. The third kappa shape index (κ3) is 12.4. The van der Waals surface area contributed by atoms with Gasteiger partial charge in [0.1, 0.15) is 16.1 Å². The summed E-state index contributed by atoms with van der Waals surface area (Å²) in [6.07, 6.45) is 9.58. The molecular weight excluding hydrogens is 933 g/mol. The molecule has 4 aromatic heterocycles. The maximum Gasteiger partial charge on any atom is 0.487 e. The van der Waals surface area contributed by atoms with E-state index in [2.05, 4.69) is 56.7 Å². The van der Waals surface area contributed by atoms with Crippen LogP contribution in [0.2, 0.25) is 0 Å². The van der Waals surface area contributed by atoms with Crippen molar-refractivity contribution >= 4 is 47.7 Å². The van der Waals surface area contributed by atoms with Crippen molar-refractivity contribution in [1.29, 1.82) is 5.26 Å². The average molecular weight is 963 g/mol. The summed E-state index contributed by atoms with van der Waals surface area (Å²) in [6, 6.07) is 22.3. The van der Waals surface area contributed by atoms with E-state index in [1.165, 1.54) is 18.5 Å². The number of hydrogen-bond acceptors (Lipinski definition) is 10. The number of hydrogen-bond donors (Lipinski definition) is 4. The van der Waals surface area contributed by atoms with Crippen molar-refractivity contribution in [3.05, 3.63) is 152 Å². The minimum Gasteiger partial charge on any atom is -1.00 e. The van der Waals surface area contributed by atoms with Gasteiger partial charge < -0.3 is 34.9 Å². The number of nitrogens with zero attached hydrogens (tertiary/aromatic N) is 6. The molecule has 0 aliphatic heterocycles. The zero-order valence-electron chi connectivity index (χ0n) is 25.7. The van der Waals surface area contributed by atoms with Gasteiger partial charge in [0.05, 0.1) is 23.8 Å². The van der Waals surface area contributed by atoms with Crippen LogP contribution in [-0.4, -0.2) is 47.1 Å². The number of benzene rings is 2. The van der Waals surface area contributed by atoms with Crippen LogP contribution >= 0.6 is 15.9 Å². The molecule has 0 saturated heterocycles. The largest absolute Gasteiger partial charge is 1.00 e. The van der Waals surface area contributed by atoms with Crippen LogP contribution in [0.25, 0.3) is 38.7 Å². The SMILES string of the molecule is C.N#Cc1cccc(-c2cnc(-c3ccncc3)[nH]c2=O)c1.O=c1[nH]c(-c2ccncc2)ncc1Br.[3H-].[C-]#[N+]c1cccc(B(O)O)c1.[SH-].[U]. The number of H-pyrrole nitrogens is 2. The summed E-state index contributed by atoms with van der Waals surface area (Å²) >= 11 is 3.08. The van der Waals surface area contributed by atoms with Crippen molar-refractivity contribution in [1.82, 2.24) is 29.9 Å². The van der Waals surface area contributed by atoms with Crippen molar-refractivity contribution in [3.63, 3.8) is 0 Å². The Morgan fingerprint density at radius 2 is 1.37 bits per heavy atom. The van der Waals surface area contributed by atoms with Crippen molar-refractivity contribution in [2.24, 2.45) is 0 Å². The van der Waals surface area contributed by atoms with Crippen molar-refractivity contribution in [2.75, 3.05) is 0 Å². The Bertz CT molecular complexity index is 2150. The average Bonchev–Trinajstić information content (AvgIpc) is 3.10. The van der Waals surface area contributed by atoms with E-state index in [0.717, 1.165) is 11.1 Å². The predicted octanol–water partition coefficient (Wildman–Crippen LogP) is 4.36. The van der Waals surface area contributed by atoms with Crippen molar-refractivity contribution < 1.29 is 42.6 Å². The number of halogens is 1. The number of rotatable bonds is 4. The molecular formula is C33H28BBrN8O4SU-2. The van der Waals surface area contributed by atoms with Gasteiger partial charge in [0.15, 0.2) is 5.69 Å². The van der Waals surface area contributed by atoms with Gasteiger partial charge in [0, 0.05) is 79.4 Å². The third-order valence-corrected chi connectivity index (χ3v) is 6.63. The number of aromatic nitrogens is 6. The second-order valence-electron chi connectivity index (χ2n) is 9.13. The van der Waals surface area contributed by atoms with Gasteiger partial charge in [-0.3, -0.25) is 19.6 Å². The molecule has 0 aliphatic rings. The summed E-state index contributed by atoms with van der Waals surface area (Å²) in [6.45, 7) is 6.64. The fourth-order valence-electron chi connectivity index (χ4n) is 3.80. The predicted molar refractivity (Wildman–Crippen MR) is 193 cm³/mol. The maximum atomic E-state index is 12.2. The van der Waals surface area contributed by atoms with E-state index in [0.29, 0.717) is 44.0 Å². The number of thiol groups is 1. The number of nitrogens with one attached hydrogen (secondary N) is 2. The first-order valence-corrected chi connectivity index (χ1v) is 14.1. The second kappa shape index (κ2) is 21.3. The summed E-state index contributed by atoms with van der Waals surface area (Å²) in [5.74, 6) is 1.03. The van der Waals surface area contributed by atoms with Crippen LogP contribution in [0.4, 0.5) is 5.69 Å². The molecule has 0 saturated carbocycles. The molecule has 6 aromatic rings. The topological polar surface area (TPSA) is 186 Å². The van der Waals surface area contributed by atoms with Crippen LogP contribution in [0, 0.1) is 49.0 Å². The second-order valence-corrected chi connectivity index (χ2v) is 9.98. The molecule has 16 heteroatoms.